The van der Waals surface area contributed by atoms with E-state index in [0.29, 0.717) is 11.4 Å². The van der Waals surface area contributed by atoms with E-state index < -0.39 is 0 Å². The maximum atomic E-state index is 5.88. The topological polar surface area (TPSA) is 48.1 Å². The number of pyridine rings is 1. The number of hydrogen-bond donors (Lipinski definition) is 1. The lowest BCUT2D eigenvalue weighted by Crippen LogP contribution is -1.94. The van der Waals surface area contributed by atoms with Crippen LogP contribution in [0.1, 0.15) is 11.1 Å². The van der Waals surface area contributed by atoms with Crippen LogP contribution in [-0.2, 0) is 0 Å². The van der Waals surface area contributed by atoms with Crippen molar-refractivity contribution >= 4 is 5.69 Å². The van der Waals surface area contributed by atoms with Gasteiger partial charge in [0.15, 0.2) is 0 Å². The summed E-state index contributed by atoms with van der Waals surface area (Å²) in [6.07, 6.45) is 1.88. The minimum atomic E-state index is 0.630. The van der Waals surface area contributed by atoms with Gasteiger partial charge in [-0.1, -0.05) is 0 Å². The van der Waals surface area contributed by atoms with E-state index in [0.717, 1.165) is 11.3 Å². The van der Waals surface area contributed by atoms with Gasteiger partial charge in [0.1, 0.15) is 5.75 Å². The predicted molar refractivity (Wildman–Crippen MR) is 70.1 cm³/mol. The predicted octanol–water partition coefficient (Wildman–Crippen LogP) is 2.96. The second-order valence-corrected chi connectivity index (χ2v) is 4.11. The highest BCUT2D eigenvalue weighted by atomic mass is 16.5. The summed E-state index contributed by atoms with van der Waals surface area (Å²) >= 11 is 0. The monoisotopic (exact) mass is 228 g/mol. The first-order valence-electron chi connectivity index (χ1n) is 5.49. The number of benzene rings is 1. The van der Waals surface area contributed by atoms with Gasteiger partial charge in [-0.05, 0) is 49.2 Å². The molecule has 1 heterocycles. The molecule has 3 nitrogen and oxygen atoms in total. The minimum Gasteiger partial charge on any atom is -0.495 e. The molecular formula is C14H16N2O. The molecule has 2 N–H and O–H groups in total. The fourth-order valence-corrected chi connectivity index (χ4v) is 1.68. The molecule has 0 amide bonds. The molecule has 2 rings (SSSR count). The average molecular weight is 228 g/mol. The van der Waals surface area contributed by atoms with Crippen molar-refractivity contribution in [2.24, 2.45) is 0 Å². The highest BCUT2D eigenvalue weighted by Gasteiger charge is 2.05. The van der Waals surface area contributed by atoms with Crippen LogP contribution >= 0.6 is 0 Å². The van der Waals surface area contributed by atoms with E-state index in [4.69, 9.17) is 10.5 Å². The van der Waals surface area contributed by atoms with Crippen molar-refractivity contribution in [3.05, 3.63) is 41.6 Å². The third-order valence-corrected chi connectivity index (χ3v) is 2.90. The van der Waals surface area contributed by atoms with Crippen molar-refractivity contribution in [2.45, 2.75) is 13.8 Å². The first-order valence-corrected chi connectivity index (χ1v) is 5.49. The van der Waals surface area contributed by atoms with Crippen molar-refractivity contribution in [1.82, 2.24) is 4.98 Å². The van der Waals surface area contributed by atoms with Crippen LogP contribution in [0.5, 0.6) is 5.75 Å². The van der Waals surface area contributed by atoms with E-state index in [1.807, 2.05) is 24.4 Å². The van der Waals surface area contributed by atoms with E-state index in [1.165, 1.54) is 11.1 Å². The van der Waals surface area contributed by atoms with E-state index in [2.05, 4.69) is 24.9 Å². The lowest BCUT2D eigenvalue weighted by Gasteiger charge is -2.08. The largest absolute Gasteiger partial charge is 0.495 e. The Morgan fingerprint density at radius 3 is 2.47 bits per heavy atom. The average Bonchev–Trinajstić information content (AvgIpc) is 2.32. The second kappa shape index (κ2) is 4.45. The van der Waals surface area contributed by atoms with Crippen LogP contribution in [0, 0.1) is 13.8 Å². The van der Waals surface area contributed by atoms with Crippen LogP contribution in [0.2, 0.25) is 0 Å². The molecule has 88 valence electrons. The van der Waals surface area contributed by atoms with Crippen molar-refractivity contribution in [3.63, 3.8) is 0 Å². The maximum absolute atomic E-state index is 5.88. The summed E-state index contributed by atoms with van der Waals surface area (Å²) in [5, 5.41) is 0. The Hall–Kier alpha value is -2.03. The Bertz CT molecular complexity index is 550. The number of nitrogens with zero attached hydrogens (tertiary/aromatic N) is 1. The molecule has 0 fully saturated rings. The van der Waals surface area contributed by atoms with Gasteiger partial charge < -0.3 is 10.5 Å². The molecule has 1 aromatic carbocycles. The van der Waals surface area contributed by atoms with Crippen molar-refractivity contribution < 1.29 is 4.74 Å². The molecule has 0 aliphatic carbocycles. The van der Waals surface area contributed by atoms with Gasteiger partial charge in [-0.3, -0.25) is 4.98 Å². The Morgan fingerprint density at radius 1 is 1.12 bits per heavy atom. The van der Waals surface area contributed by atoms with E-state index in [9.17, 15) is 0 Å². The Morgan fingerprint density at radius 2 is 1.88 bits per heavy atom. The second-order valence-electron chi connectivity index (χ2n) is 4.11. The summed E-state index contributed by atoms with van der Waals surface area (Å²) < 4.78 is 5.13. The van der Waals surface area contributed by atoms with Crippen LogP contribution in [0.3, 0.4) is 0 Å². The molecular weight excluding hydrogens is 212 g/mol. The number of hydrogen-bond acceptors (Lipinski definition) is 3. The van der Waals surface area contributed by atoms with Crippen LogP contribution in [-0.4, -0.2) is 12.1 Å². The number of ether oxygens (including phenoxy) is 1. The van der Waals surface area contributed by atoms with Gasteiger partial charge in [-0.15, -0.1) is 0 Å². The molecule has 2 aromatic rings. The summed E-state index contributed by atoms with van der Waals surface area (Å²) in [6, 6.07) is 7.78. The number of rotatable bonds is 2. The van der Waals surface area contributed by atoms with Crippen LogP contribution in [0.25, 0.3) is 11.3 Å². The third-order valence-electron chi connectivity index (χ3n) is 2.90. The van der Waals surface area contributed by atoms with E-state index >= 15 is 0 Å². The number of anilines is 1. The minimum absolute atomic E-state index is 0.630. The van der Waals surface area contributed by atoms with E-state index in [1.54, 1.807) is 7.11 Å². The molecule has 0 atom stereocenters. The molecule has 1 aromatic heterocycles. The van der Waals surface area contributed by atoms with Crippen LogP contribution in [0.4, 0.5) is 5.69 Å². The van der Waals surface area contributed by atoms with Gasteiger partial charge in [0.05, 0.1) is 18.5 Å². The fourth-order valence-electron chi connectivity index (χ4n) is 1.68. The van der Waals surface area contributed by atoms with Crippen molar-refractivity contribution in [3.8, 4) is 17.0 Å². The molecule has 0 spiro atoms. The highest BCUT2D eigenvalue weighted by molar-refractivity contribution is 5.68. The van der Waals surface area contributed by atoms with Crippen molar-refractivity contribution in [2.75, 3.05) is 12.8 Å². The quantitative estimate of drug-likeness (QED) is 0.804. The number of methoxy groups -OCH3 is 1. The fraction of sp³-hybridized carbons (Fsp3) is 0.214. The zero-order valence-corrected chi connectivity index (χ0v) is 10.3. The molecule has 0 radical (unpaired) electrons. The number of aryl methyl sites for hydroxylation is 2. The normalized spacial score (nSPS) is 10.3. The third kappa shape index (κ3) is 2.23. The Kier molecular flexibility index (Phi) is 3.00. The van der Waals surface area contributed by atoms with Crippen LogP contribution < -0.4 is 10.5 Å². The zero-order valence-electron chi connectivity index (χ0n) is 10.3. The van der Waals surface area contributed by atoms with Gasteiger partial charge in [0, 0.05) is 11.8 Å². The molecule has 0 saturated carbocycles. The molecule has 17 heavy (non-hydrogen) atoms. The Balaban J connectivity index is 2.46. The SMILES string of the molecule is COc1ccc(-c2cc(C)c(C)cn2)cc1N. The summed E-state index contributed by atoms with van der Waals surface area (Å²) in [5.74, 6) is 0.692. The molecule has 0 bridgehead atoms. The molecule has 0 aliphatic heterocycles. The first-order chi connectivity index (χ1) is 8.11. The lowest BCUT2D eigenvalue weighted by molar-refractivity contribution is 0.417. The lowest BCUT2D eigenvalue weighted by atomic mass is 10.1. The molecule has 0 unspecified atom stereocenters. The summed E-state index contributed by atoms with van der Waals surface area (Å²) in [7, 11) is 1.61. The first kappa shape index (κ1) is 11.5. The highest BCUT2D eigenvalue weighted by Crippen LogP contribution is 2.27. The Labute approximate surface area is 101 Å². The van der Waals surface area contributed by atoms with Gasteiger partial charge in [0.25, 0.3) is 0 Å². The van der Waals surface area contributed by atoms with Gasteiger partial charge in [-0.25, -0.2) is 0 Å². The standard InChI is InChI=1S/C14H16N2O/c1-9-6-13(16-8-10(9)2)11-4-5-14(17-3)12(15)7-11/h4-8H,15H2,1-3H3. The van der Waals surface area contributed by atoms with Gasteiger partial charge in [0.2, 0.25) is 0 Å². The summed E-state index contributed by atoms with van der Waals surface area (Å²) in [5.41, 5.74) is 10.9. The summed E-state index contributed by atoms with van der Waals surface area (Å²) in [6.45, 7) is 4.13. The van der Waals surface area contributed by atoms with Gasteiger partial charge >= 0.3 is 0 Å². The maximum Gasteiger partial charge on any atom is 0.141 e. The zero-order chi connectivity index (χ0) is 12.4. The van der Waals surface area contributed by atoms with Gasteiger partial charge in [-0.2, -0.15) is 0 Å². The number of nitrogens with two attached hydrogens (primary N) is 1. The van der Waals surface area contributed by atoms with Crippen molar-refractivity contribution in [1.29, 1.82) is 0 Å². The molecule has 0 saturated heterocycles. The molecule has 0 aliphatic rings. The number of nitrogen functional groups attached to an aromatic ring is 1. The summed E-state index contributed by atoms with van der Waals surface area (Å²) in [4.78, 5) is 4.41. The smallest absolute Gasteiger partial charge is 0.141 e. The van der Waals surface area contributed by atoms with Crippen LogP contribution in [0.15, 0.2) is 30.5 Å². The van der Waals surface area contributed by atoms with E-state index in [-0.39, 0.29) is 0 Å². The molecule has 3 heteroatoms. The number of aromatic nitrogens is 1.